The van der Waals surface area contributed by atoms with Gasteiger partial charge in [-0.3, -0.25) is 4.79 Å². The number of nitrogens with zero attached hydrogens (tertiary/aromatic N) is 2. The van der Waals surface area contributed by atoms with Crippen molar-refractivity contribution in [2.45, 2.75) is 16.7 Å². The first kappa shape index (κ1) is 17.2. The Bertz CT molecular complexity index is 778. The van der Waals surface area contributed by atoms with Gasteiger partial charge in [-0.15, -0.1) is 5.11 Å². The Kier molecular flexibility index (Phi) is 5.90. The molecule has 0 amide bonds. The molecular weight excluding hydrogens is 336 g/mol. The number of benzene rings is 2. The highest BCUT2D eigenvalue weighted by molar-refractivity contribution is 7.99. The third-order valence-electron chi connectivity index (χ3n) is 3.01. The van der Waals surface area contributed by atoms with E-state index in [-0.39, 0.29) is 5.78 Å². The minimum absolute atomic E-state index is 0.116. The van der Waals surface area contributed by atoms with Gasteiger partial charge in [0.15, 0.2) is 5.78 Å². The minimum atomic E-state index is -0.426. The average molecular weight is 349 g/mol. The molecule has 7 heteroatoms. The van der Waals surface area contributed by atoms with Crippen molar-refractivity contribution in [1.82, 2.24) is 0 Å². The Balaban J connectivity index is 2.45. The molecule has 0 aliphatic carbocycles. The third-order valence-corrected chi connectivity index (χ3v) is 4.24. The molecule has 23 heavy (non-hydrogen) atoms. The molecule has 0 N–H and O–H groups in total. The van der Waals surface area contributed by atoms with Crippen LogP contribution in [0.5, 0.6) is 0 Å². The topological polar surface area (TPSA) is 68.1 Å². The van der Waals surface area contributed by atoms with E-state index in [1.165, 1.54) is 25.8 Å². The van der Waals surface area contributed by atoms with Gasteiger partial charge in [-0.1, -0.05) is 28.5 Å². The summed E-state index contributed by atoms with van der Waals surface area (Å²) in [6, 6.07) is 12.1. The van der Waals surface area contributed by atoms with Crippen molar-refractivity contribution in [3.05, 3.63) is 53.6 Å². The predicted molar refractivity (Wildman–Crippen MR) is 88.7 cm³/mol. The molecule has 0 heterocycles. The number of carbonyl (C=O) groups is 2. The second-order valence-electron chi connectivity index (χ2n) is 4.50. The molecule has 0 aromatic heterocycles. The molecule has 2 aromatic rings. The summed E-state index contributed by atoms with van der Waals surface area (Å²) >= 11 is 6.54. The molecule has 0 spiro atoms. The Morgan fingerprint density at radius 3 is 2.43 bits per heavy atom. The summed E-state index contributed by atoms with van der Waals surface area (Å²) in [4.78, 5) is 25.1. The normalized spacial score (nSPS) is 10.7. The number of methoxy groups -OCH3 is 1. The Labute approximate surface area is 142 Å². The van der Waals surface area contributed by atoms with E-state index in [4.69, 9.17) is 16.5 Å². The molecule has 5 nitrogen and oxygen atoms in total. The second kappa shape index (κ2) is 7.89. The van der Waals surface area contributed by atoms with Crippen LogP contribution in [0.4, 0.5) is 5.69 Å². The SMILES string of the molecule is COC(=O)c1ccccc1Sc1ccc(N=NCl)cc1C(C)=O. The van der Waals surface area contributed by atoms with Gasteiger partial charge in [-0.05, 0) is 37.3 Å². The van der Waals surface area contributed by atoms with Crippen LogP contribution < -0.4 is 0 Å². The summed E-state index contributed by atoms with van der Waals surface area (Å²) in [5, 5.41) is 3.71. The van der Waals surface area contributed by atoms with Gasteiger partial charge in [0.1, 0.15) is 0 Å². The van der Waals surface area contributed by atoms with Gasteiger partial charge in [0.25, 0.3) is 0 Å². The van der Waals surface area contributed by atoms with Crippen molar-refractivity contribution in [3.8, 4) is 0 Å². The fourth-order valence-corrected chi connectivity index (χ4v) is 3.12. The molecule has 0 atom stereocenters. The minimum Gasteiger partial charge on any atom is -0.465 e. The number of hydrogen-bond acceptors (Lipinski definition) is 6. The van der Waals surface area contributed by atoms with Crippen LogP contribution in [0.1, 0.15) is 27.6 Å². The summed E-state index contributed by atoms with van der Waals surface area (Å²) in [6.07, 6.45) is 0. The maximum atomic E-state index is 11.9. The maximum Gasteiger partial charge on any atom is 0.339 e. The lowest BCUT2D eigenvalue weighted by Gasteiger charge is -2.10. The Morgan fingerprint density at radius 1 is 1.09 bits per heavy atom. The number of hydrogen-bond donors (Lipinski definition) is 0. The van der Waals surface area contributed by atoms with Crippen molar-refractivity contribution in [3.63, 3.8) is 0 Å². The van der Waals surface area contributed by atoms with Crippen LogP contribution in [0.3, 0.4) is 0 Å². The number of rotatable bonds is 5. The van der Waals surface area contributed by atoms with E-state index < -0.39 is 5.97 Å². The van der Waals surface area contributed by atoms with E-state index in [1.54, 1.807) is 36.4 Å². The quantitative estimate of drug-likeness (QED) is 0.430. The second-order valence-corrected chi connectivity index (χ2v) is 5.74. The van der Waals surface area contributed by atoms with E-state index in [9.17, 15) is 9.59 Å². The summed E-state index contributed by atoms with van der Waals surface area (Å²) < 4.78 is 7.97. The summed E-state index contributed by atoms with van der Waals surface area (Å²) in [5.74, 6) is -0.542. The van der Waals surface area contributed by atoms with Gasteiger partial charge >= 0.3 is 5.97 Å². The number of halogens is 1. The number of carbonyl (C=O) groups excluding carboxylic acids is 2. The molecule has 0 unspecified atom stereocenters. The number of Topliss-reactive ketones (excluding diaryl/α,β-unsaturated/α-hetero) is 1. The van der Waals surface area contributed by atoms with Crippen LogP contribution in [0.25, 0.3) is 0 Å². The molecule has 0 fully saturated rings. The van der Waals surface area contributed by atoms with Crippen molar-refractivity contribution in [2.24, 2.45) is 9.75 Å². The van der Waals surface area contributed by atoms with E-state index >= 15 is 0 Å². The van der Waals surface area contributed by atoms with Gasteiger partial charge in [0.05, 0.1) is 30.1 Å². The zero-order valence-corrected chi connectivity index (χ0v) is 14.0. The predicted octanol–water partition coefficient (Wildman–Crippen LogP) is 5.06. The van der Waals surface area contributed by atoms with Crippen molar-refractivity contribution >= 4 is 41.0 Å². The van der Waals surface area contributed by atoms with Crippen molar-refractivity contribution in [1.29, 1.82) is 0 Å². The first-order valence-corrected chi connectivity index (χ1v) is 7.74. The van der Waals surface area contributed by atoms with E-state index in [0.717, 1.165) is 0 Å². The molecule has 0 saturated heterocycles. The van der Waals surface area contributed by atoms with E-state index in [1.807, 2.05) is 6.07 Å². The fraction of sp³-hybridized carbons (Fsp3) is 0.125. The first-order valence-electron chi connectivity index (χ1n) is 6.59. The highest BCUT2D eigenvalue weighted by Crippen LogP contribution is 2.35. The lowest BCUT2D eigenvalue weighted by molar-refractivity contribution is 0.0596. The monoisotopic (exact) mass is 348 g/mol. The average Bonchev–Trinajstić information content (AvgIpc) is 2.56. The molecule has 0 aliphatic heterocycles. The molecule has 0 radical (unpaired) electrons. The standard InChI is InChI=1S/C16H13ClN2O3S/c1-10(20)13-9-11(18-19-17)7-8-15(13)23-14-6-4-3-5-12(14)16(21)22-2/h3-9H,1-2H3. The van der Waals surface area contributed by atoms with Gasteiger partial charge in [0, 0.05) is 15.4 Å². The highest BCUT2D eigenvalue weighted by atomic mass is 35.5. The van der Waals surface area contributed by atoms with Crippen LogP contribution in [0, 0.1) is 0 Å². The molecule has 0 bridgehead atoms. The van der Waals surface area contributed by atoms with Gasteiger partial charge in [-0.2, -0.15) is 0 Å². The molecule has 118 valence electrons. The van der Waals surface area contributed by atoms with Crippen LogP contribution >= 0.6 is 23.5 Å². The van der Waals surface area contributed by atoms with E-state index in [0.29, 0.717) is 26.6 Å². The maximum absolute atomic E-state index is 11.9. The Hall–Kier alpha value is -2.18. The largest absolute Gasteiger partial charge is 0.465 e. The summed E-state index contributed by atoms with van der Waals surface area (Å²) in [7, 11) is 1.33. The van der Waals surface area contributed by atoms with Gasteiger partial charge in [0.2, 0.25) is 0 Å². The van der Waals surface area contributed by atoms with Crippen LogP contribution in [0.15, 0.2) is 62.0 Å². The molecular formula is C16H13ClN2O3S. The molecule has 2 rings (SSSR count). The smallest absolute Gasteiger partial charge is 0.339 e. The van der Waals surface area contributed by atoms with Crippen molar-refractivity contribution < 1.29 is 14.3 Å². The van der Waals surface area contributed by atoms with Crippen LogP contribution in [-0.2, 0) is 4.74 Å². The lowest BCUT2D eigenvalue weighted by atomic mass is 10.1. The first-order chi connectivity index (χ1) is 11.1. The van der Waals surface area contributed by atoms with Gasteiger partial charge < -0.3 is 4.74 Å². The van der Waals surface area contributed by atoms with Crippen LogP contribution in [0.2, 0.25) is 0 Å². The fourth-order valence-electron chi connectivity index (χ4n) is 1.94. The molecule has 0 aliphatic rings. The van der Waals surface area contributed by atoms with Crippen molar-refractivity contribution in [2.75, 3.05) is 7.11 Å². The number of ketones is 1. The zero-order valence-electron chi connectivity index (χ0n) is 12.4. The van der Waals surface area contributed by atoms with Crippen LogP contribution in [-0.4, -0.2) is 18.9 Å². The summed E-state index contributed by atoms with van der Waals surface area (Å²) in [6.45, 7) is 1.47. The molecule has 2 aromatic carbocycles. The highest BCUT2D eigenvalue weighted by Gasteiger charge is 2.15. The number of ether oxygens (including phenoxy) is 1. The summed E-state index contributed by atoms with van der Waals surface area (Å²) in [5.41, 5.74) is 1.41. The van der Waals surface area contributed by atoms with Gasteiger partial charge in [-0.25, -0.2) is 4.79 Å². The number of esters is 1. The van der Waals surface area contributed by atoms with E-state index in [2.05, 4.69) is 9.75 Å². The zero-order chi connectivity index (χ0) is 16.8. The third kappa shape index (κ3) is 4.18. The molecule has 0 saturated carbocycles. The Morgan fingerprint density at radius 2 is 1.78 bits per heavy atom. The lowest BCUT2D eigenvalue weighted by Crippen LogP contribution is -2.03.